The Bertz CT molecular complexity index is 1360. The van der Waals surface area contributed by atoms with Crippen LogP contribution < -0.4 is 10.1 Å². The summed E-state index contributed by atoms with van der Waals surface area (Å²) in [6, 6.07) is 9.43. The number of ether oxygens (including phenoxy) is 1. The number of benzene rings is 1. The fourth-order valence-corrected chi connectivity index (χ4v) is 5.82. The van der Waals surface area contributed by atoms with Gasteiger partial charge < -0.3 is 15.0 Å². The Kier molecular flexibility index (Phi) is 7.75. The Balaban J connectivity index is 1.56. The van der Waals surface area contributed by atoms with Gasteiger partial charge >= 0.3 is 0 Å². The summed E-state index contributed by atoms with van der Waals surface area (Å²) in [6.45, 7) is 2.15. The van der Waals surface area contributed by atoms with Crippen LogP contribution in [0, 0.1) is 12.3 Å². The number of fused-ring (bicyclic) bond motifs is 1. The molecule has 8 heteroatoms. The van der Waals surface area contributed by atoms with Gasteiger partial charge in [-0.05, 0) is 73.4 Å². The molecular weight excluding hydrogens is 496 g/mol. The monoisotopic (exact) mass is 528 g/mol. The summed E-state index contributed by atoms with van der Waals surface area (Å²) in [4.78, 5) is 37.8. The van der Waals surface area contributed by atoms with Crippen molar-refractivity contribution in [3.8, 4) is 18.1 Å². The van der Waals surface area contributed by atoms with Crippen LogP contribution in [0.4, 0.5) is 0 Å². The number of carbonyl (C=O) groups is 2. The van der Waals surface area contributed by atoms with E-state index in [4.69, 9.17) is 16.1 Å². The molecule has 0 radical (unpaired) electrons. The molecule has 2 aliphatic rings. The molecule has 1 aliphatic heterocycles. The Morgan fingerprint density at radius 2 is 2.11 bits per heavy atom. The first-order valence-electron chi connectivity index (χ1n) is 13.2. The number of carbonyl (C=O) groups excluding carboxylic acids is 2. The highest BCUT2D eigenvalue weighted by molar-refractivity contribution is 7.10. The number of methoxy groups -OCH3 is 1. The molecule has 2 unspecified atom stereocenters. The van der Waals surface area contributed by atoms with E-state index in [-0.39, 0.29) is 23.9 Å². The van der Waals surface area contributed by atoms with Crippen molar-refractivity contribution in [1.29, 1.82) is 0 Å². The van der Waals surface area contributed by atoms with Gasteiger partial charge in [0.25, 0.3) is 11.8 Å². The van der Waals surface area contributed by atoms with Gasteiger partial charge in [0.1, 0.15) is 17.5 Å². The minimum atomic E-state index is -0.432. The second-order valence-corrected chi connectivity index (χ2v) is 10.8. The normalized spacial score (nSPS) is 18.7. The first-order valence-corrected chi connectivity index (χ1v) is 14.1. The number of nitrogens with zero attached hydrogens (tertiary/aromatic N) is 3. The number of unbranched alkanes of at least 4 members (excludes halogenated alkanes) is 1. The predicted octanol–water partition coefficient (Wildman–Crippen LogP) is 5.16. The summed E-state index contributed by atoms with van der Waals surface area (Å²) < 4.78 is 5.52. The molecule has 0 saturated heterocycles. The fourth-order valence-electron chi connectivity index (χ4n) is 5.22. The maximum atomic E-state index is 14.0. The molecule has 1 fully saturated rings. The lowest BCUT2D eigenvalue weighted by Gasteiger charge is -2.43. The topological polar surface area (TPSA) is 84.4 Å². The quantitative estimate of drug-likeness (QED) is 0.409. The third-order valence-corrected chi connectivity index (χ3v) is 8.29. The van der Waals surface area contributed by atoms with Crippen molar-refractivity contribution in [2.24, 2.45) is 0 Å². The number of nitrogens with one attached hydrogen (secondary N) is 1. The van der Waals surface area contributed by atoms with Crippen LogP contribution in [0.25, 0.3) is 0 Å². The largest absolute Gasteiger partial charge is 0.497 e. The van der Waals surface area contributed by atoms with E-state index in [1.165, 1.54) is 11.3 Å². The molecule has 0 spiro atoms. The number of hydrogen-bond donors (Lipinski definition) is 1. The first-order chi connectivity index (χ1) is 18.5. The van der Waals surface area contributed by atoms with Crippen LogP contribution in [0.5, 0.6) is 5.75 Å². The highest BCUT2D eigenvalue weighted by atomic mass is 32.1. The molecule has 196 valence electrons. The van der Waals surface area contributed by atoms with E-state index in [1.807, 2.05) is 23.1 Å². The first kappa shape index (κ1) is 25.9. The van der Waals surface area contributed by atoms with Gasteiger partial charge in [0.05, 0.1) is 18.4 Å². The smallest absolute Gasteiger partial charge is 0.274 e. The number of terminal acetylenes is 1. The van der Waals surface area contributed by atoms with Crippen molar-refractivity contribution in [3.63, 3.8) is 0 Å². The number of rotatable bonds is 8. The highest BCUT2D eigenvalue weighted by Gasteiger charge is 2.40. The second kappa shape index (κ2) is 11.4. The van der Waals surface area contributed by atoms with E-state index in [2.05, 4.69) is 29.2 Å². The van der Waals surface area contributed by atoms with E-state index < -0.39 is 6.04 Å². The zero-order valence-corrected chi connectivity index (χ0v) is 22.6. The summed E-state index contributed by atoms with van der Waals surface area (Å²) in [5.74, 6) is 3.04. The lowest BCUT2D eigenvalue weighted by molar-refractivity contribution is 0.0555. The molecule has 2 amide bonds. The van der Waals surface area contributed by atoms with Crippen LogP contribution >= 0.6 is 11.3 Å². The third kappa shape index (κ3) is 5.16. The average molecular weight is 529 g/mol. The van der Waals surface area contributed by atoms with Gasteiger partial charge in [0.2, 0.25) is 0 Å². The molecule has 2 atom stereocenters. The minimum absolute atomic E-state index is 0.0496. The lowest BCUT2D eigenvalue weighted by Crippen LogP contribution is -2.48. The molecule has 1 aromatic carbocycles. The minimum Gasteiger partial charge on any atom is -0.497 e. The van der Waals surface area contributed by atoms with E-state index in [9.17, 15) is 9.59 Å². The molecule has 3 aromatic rings. The lowest BCUT2D eigenvalue weighted by atomic mass is 9.84. The van der Waals surface area contributed by atoms with Crippen molar-refractivity contribution in [1.82, 2.24) is 20.2 Å². The van der Waals surface area contributed by atoms with Crippen LogP contribution in [0.1, 0.15) is 94.2 Å². The van der Waals surface area contributed by atoms with Crippen molar-refractivity contribution in [2.45, 2.75) is 70.0 Å². The standard InChI is InChI=1S/C30H32N4O3S/c1-4-6-10-22-15-20-16-23(37-3)12-13-24(20)28(34(22)30(36)26-18-38-27(5-2)33-26)25-14-11-19(17-31-25)29(35)32-21-8-7-9-21/h2,11-14,16-18,21-22,28H,4,6-10,15H2,1,3H3,(H,32,35). The zero-order valence-electron chi connectivity index (χ0n) is 21.8. The van der Waals surface area contributed by atoms with E-state index >= 15 is 0 Å². The van der Waals surface area contributed by atoms with Gasteiger partial charge in [0.15, 0.2) is 5.01 Å². The Morgan fingerprint density at radius 1 is 1.26 bits per heavy atom. The number of aromatic nitrogens is 2. The van der Waals surface area contributed by atoms with Crippen LogP contribution in [0.3, 0.4) is 0 Å². The Hall–Kier alpha value is -3.70. The molecule has 2 aromatic heterocycles. The third-order valence-electron chi connectivity index (χ3n) is 7.51. The Labute approximate surface area is 227 Å². The van der Waals surface area contributed by atoms with Crippen molar-refractivity contribution >= 4 is 23.2 Å². The number of pyridine rings is 1. The molecule has 0 bridgehead atoms. The second-order valence-electron chi connectivity index (χ2n) is 9.94. The fraction of sp³-hybridized carbons (Fsp3) is 0.400. The van der Waals surface area contributed by atoms with Gasteiger partial charge in [-0.1, -0.05) is 25.8 Å². The summed E-state index contributed by atoms with van der Waals surface area (Å²) in [6.07, 6.45) is 13.9. The predicted molar refractivity (Wildman–Crippen MR) is 147 cm³/mol. The summed E-state index contributed by atoms with van der Waals surface area (Å²) >= 11 is 1.29. The number of thiazole rings is 1. The van der Waals surface area contributed by atoms with E-state index in [0.29, 0.717) is 28.4 Å². The van der Waals surface area contributed by atoms with Gasteiger partial charge in [-0.3, -0.25) is 14.6 Å². The molecule has 5 rings (SSSR count). The zero-order chi connectivity index (χ0) is 26.6. The van der Waals surface area contributed by atoms with Gasteiger partial charge in [-0.2, -0.15) is 0 Å². The number of amides is 2. The summed E-state index contributed by atoms with van der Waals surface area (Å²) in [5.41, 5.74) is 3.71. The van der Waals surface area contributed by atoms with Gasteiger partial charge in [0, 0.05) is 23.7 Å². The summed E-state index contributed by atoms with van der Waals surface area (Å²) in [5, 5.41) is 5.28. The molecule has 3 heterocycles. The van der Waals surface area contributed by atoms with E-state index in [0.717, 1.165) is 55.4 Å². The molecule has 7 nitrogen and oxygen atoms in total. The van der Waals surface area contributed by atoms with Crippen molar-refractivity contribution < 1.29 is 14.3 Å². The van der Waals surface area contributed by atoms with E-state index in [1.54, 1.807) is 24.8 Å². The van der Waals surface area contributed by atoms with Crippen LogP contribution in [0.15, 0.2) is 41.9 Å². The van der Waals surface area contributed by atoms with Crippen molar-refractivity contribution in [2.75, 3.05) is 7.11 Å². The average Bonchev–Trinajstić information content (AvgIpc) is 3.42. The van der Waals surface area contributed by atoms with Crippen LogP contribution in [0.2, 0.25) is 0 Å². The Morgan fingerprint density at radius 3 is 2.74 bits per heavy atom. The maximum absolute atomic E-state index is 14.0. The molecule has 38 heavy (non-hydrogen) atoms. The van der Waals surface area contributed by atoms with Gasteiger partial charge in [-0.25, -0.2) is 4.98 Å². The highest BCUT2D eigenvalue weighted by Crippen LogP contribution is 2.41. The molecule has 1 saturated carbocycles. The SMILES string of the molecule is C#Cc1nc(C(=O)N2C(CCCC)Cc3cc(OC)ccc3C2c2ccc(C(=O)NC3CCC3)cn2)cs1. The molecule has 1 N–H and O–H groups in total. The molecule has 1 aliphatic carbocycles. The summed E-state index contributed by atoms with van der Waals surface area (Å²) in [7, 11) is 1.66. The van der Waals surface area contributed by atoms with Gasteiger partial charge in [-0.15, -0.1) is 17.8 Å². The van der Waals surface area contributed by atoms with Crippen molar-refractivity contribution in [3.05, 3.63) is 75.0 Å². The van der Waals surface area contributed by atoms with Crippen LogP contribution in [-0.2, 0) is 6.42 Å². The maximum Gasteiger partial charge on any atom is 0.274 e. The van der Waals surface area contributed by atoms with Crippen LogP contribution in [-0.4, -0.2) is 45.9 Å². The molecular formula is C30H32N4O3S. The number of hydrogen-bond acceptors (Lipinski definition) is 6.